The molecule has 0 radical (unpaired) electrons. The summed E-state index contributed by atoms with van der Waals surface area (Å²) < 4.78 is 4.57. The van der Waals surface area contributed by atoms with E-state index in [0.717, 1.165) is 12.0 Å². The van der Waals surface area contributed by atoms with Crippen molar-refractivity contribution in [3.63, 3.8) is 0 Å². The summed E-state index contributed by atoms with van der Waals surface area (Å²) >= 11 is 3.20. The Balaban J connectivity index is 2.29. The Labute approximate surface area is 119 Å². The third-order valence-corrected chi connectivity index (χ3v) is 3.22. The van der Waals surface area contributed by atoms with Crippen LogP contribution in [0.25, 0.3) is 0 Å². The number of alkyl halides is 1. The van der Waals surface area contributed by atoms with Crippen LogP contribution >= 0.6 is 15.9 Å². The van der Waals surface area contributed by atoms with Gasteiger partial charge in [0.25, 0.3) is 5.69 Å². The third-order valence-electron chi connectivity index (χ3n) is 2.52. The van der Waals surface area contributed by atoms with Gasteiger partial charge in [-0.1, -0.05) is 28.1 Å². The number of nitro benzene ring substituents is 1. The van der Waals surface area contributed by atoms with Crippen molar-refractivity contribution < 1.29 is 14.5 Å². The number of nitro groups is 1. The average Bonchev–Trinajstić information content (AvgIpc) is 2.42. The molecule has 0 aromatic heterocycles. The van der Waals surface area contributed by atoms with Crippen molar-refractivity contribution in [2.75, 3.05) is 20.2 Å². The molecule has 0 saturated carbocycles. The van der Waals surface area contributed by atoms with Gasteiger partial charge in [-0.05, 0) is 18.5 Å². The molecule has 1 N–H and O–H groups in total. The molecule has 0 spiro atoms. The number of hydrogen-bond donors (Lipinski definition) is 1. The Kier molecular flexibility index (Phi) is 6.44. The lowest BCUT2D eigenvalue weighted by Crippen LogP contribution is -2.30. The number of carbonyl (C=O) groups excluding carboxylic acids is 1. The highest BCUT2D eigenvalue weighted by Gasteiger charge is 2.13. The number of nitrogens with one attached hydrogen (secondary N) is 1. The predicted molar refractivity (Wildman–Crippen MR) is 74.4 cm³/mol. The maximum atomic E-state index is 11.1. The number of nitrogens with zero attached hydrogens (tertiary/aromatic N) is 1. The molecule has 104 valence electrons. The first-order valence-corrected chi connectivity index (χ1v) is 6.62. The van der Waals surface area contributed by atoms with Crippen LogP contribution in [0.3, 0.4) is 0 Å². The summed E-state index contributed by atoms with van der Waals surface area (Å²) in [4.78, 5) is 20.8. The average molecular weight is 331 g/mol. The molecule has 0 amide bonds. The van der Waals surface area contributed by atoms with Crippen molar-refractivity contribution in [1.82, 2.24) is 5.32 Å². The van der Waals surface area contributed by atoms with E-state index in [-0.39, 0.29) is 16.5 Å². The minimum absolute atomic E-state index is 0.0860. The number of halogens is 1. The van der Waals surface area contributed by atoms with Crippen molar-refractivity contribution in [2.45, 2.75) is 11.2 Å². The lowest BCUT2D eigenvalue weighted by Gasteiger charge is -2.09. The topological polar surface area (TPSA) is 81.5 Å². The quantitative estimate of drug-likeness (QED) is 0.270. The molecule has 1 rings (SSSR count). The van der Waals surface area contributed by atoms with Crippen molar-refractivity contribution in [3.05, 3.63) is 39.9 Å². The molecule has 7 heteroatoms. The molecule has 6 nitrogen and oxygen atoms in total. The summed E-state index contributed by atoms with van der Waals surface area (Å²) in [5, 5.41) is 13.6. The van der Waals surface area contributed by atoms with E-state index in [0.29, 0.717) is 13.1 Å². The molecule has 0 bridgehead atoms. The number of non-ortho nitro benzene ring substituents is 1. The molecule has 0 saturated heterocycles. The summed E-state index contributed by atoms with van der Waals surface area (Å²) in [6, 6.07) is 6.42. The van der Waals surface area contributed by atoms with Crippen LogP contribution in [0.1, 0.15) is 5.56 Å². The zero-order chi connectivity index (χ0) is 14.3. The van der Waals surface area contributed by atoms with Crippen LogP contribution < -0.4 is 5.32 Å². The van der Waals surface area contributed by atoms with Gasteiger partial charge in [0, 0.05) is 18.7 Å². The molecule has 1 aromatic carbocycles. The maximum absolute atomic E-state index is 11.1. The van der Waals surface area contributed by atoms with Crippen molar-refractivity contribution in [3.8, 4) is 0 Å². The first kappa shape index (κ1) is 15.6. The van der Waals surface area contributed by atoms with E-state index in [9.17, 15) is 14.9 Å². The molecular formula is C12H15BrN2O4. The normalized spacial score (nSPS) is 11.9. The van der Waals surface area contributed by atoms with Crippen LogP contribution in [0.5, 0.6) is 0 Å². The first-order chi connectivity index (χ1) is 9.04. The Bertz CT molecular complexity index is 436. The predicted octanol–water partition coefficient (Wildman–Crippen LogP) is 1.66. The largest absolute Gasteiger partial charge is 0.468 e. The summed E-state index contributed by atoms with van der Waals surface area (Å²) in [5.74, 6) is -0.317. The van der Waals surface area contributed by atoms with Gasteiger partial charge in [0.1, 0.15) is 4.83 Å². The fraction of sp³-hybridized carbons (Fsp3) is 0.417. The van der Waals surface area contributed by atoms with Crippen LogP contribution in [0.2, 0.25) is 0 Å². The van der Waals surface area contributed by atoms with Crippen molar-refractivity contribution in [2.24, 2.45) is 0 Å². The van der Waals surface area contributed by atoms with Gasteiger partial charge in [0.2, 0.25) is 0 Å². The zero-order valence-electron chi connectivity index (χ0n) is 10.5. The second-order valence-corrected chi connectivity index (χ2v) is 4.97. The minimum atomic E-state index is -0.423. The van der Waals surface area contributed by atoms with Gasteiger partial charge in [-0.2, -0.15) is 0 Å². The van der Waals surface area contributed by atoms with Crippen molar-refractivity contribution in [1.29, 1.82) is 0 Å². The molecule has 0 heterocycles. The highest BCUT2D eigenvalue weighted by Crippen LogP contribution is 2.11. The van der Waals surface area contributed by atoms with Crippen LogP contribution in [0, 0.1) is 10.1 Å². The van der Waals surface area contributed by atoms with E-state index in [1.807, 2.05) is 0 Å². The third kappa shape index (κ3) is 5.35. The maximum Gasteiger partial charge on any atom is 0.320 e. The Morgan fingerprint density at radius 3 is 2.63 bits per heavy atom. The van der Waals surface area contributed by atoms with E-state index in [1.54, 1.807) is 12.1 Å². The summed E-state index contributed by atoms with van der Waals surface area (Å²) in [6.45, 7) is 1.15. The SMILES string of the molecule is COC(=O)C(Br)CNCCc1ccc([N+](=O)[O-])cc1. The van der Waals surface area contributed by atoms with Gasteiger partial charge < -0.3 is 10.1 Å². The molecule has 1 aromatic rings. The Morgan fingerprint density at radius 2 is 2.11 bits per heavy atom. The van der Waals surface area contributed by atoms with Gasteiger partial charge in [0.05, 0.1) is 12.0 Å². The minimum Gasteiger partial charge on any atom is -0.468 e. The van der Waals surface area contributed by atoms with Gasteiger partial charge in [0.15, 0.2) is 0 Å². The molecular weight excluding hydrogens is 316 g/mol. The van der Waals surface area contributed by atoms with E-state index in [2.05, 4.69) is 26.0 Å². The fourth-order valence-corrected chi connectivity index (χ4v) is 1.87. The zero-order valence-corrected chi connectivity index (χ0v) is 12.1. The number of rotatable bonds is 7. The van der Waals surface area contributed by atoms with Gasteiger partial charge in [-0.3, -0.25) is 14.9 Å². The molecule has 0 fully saturated rings. The smallest absolute Gasteiger partial charge is 0.320 e. The van der Waals surface area contributed by atoms with Crippen molar-refractivity contribution >= 4 is 27.6 Å². The number of hydrogen-bond acceptors (Lipinski definition) is 5. The van der Waals surface area contributed by atoms with Gasteiger partial charge >= 0.3 is 5.97 Å². The van der Waals surface area contributed by atoms with Crippen LogP contribution in [0.15, 0.2) is 24.3 Å². The highest BCUT2D eigenvalue weighted by atomic mass is 79.9. The number of ether oxygens (including phenoxy) is 1. The number of methoxy groups -OCH3 is 1. The molecule has 0 aliphatic carbocycles. The molecule has 19 heavy (non-hydrogen) atoms. The van der Waals surface area contributed by atoms with E-state index >= 15 is 0 Å². The summed E-state index contributed by atoms with van der Waals surface area (Å²) in [5.41, 5.74) is 1.09. The summed E-state index contributed by atoms with van der Waals surface area (Å²) in [6.07, 6.45) is 0.735. The van der Waals surface area contributed by atoms with E-state index < -0.39 is 4.92 Å². The van der Waals surface area contributed by atoms with Crippen LogP contribution in [-0.4, -0.2) is 35.9 Å². The highest BCUT2D eigenvalue weighted by molar-refractivity contribution is 9.10. The van der Waals surface area contributed by atoms with Gasteiger partial charge in [-0.15, -0.1) is 0 Å². The Hall–Kier alpha value is -1.47. The number of carbonyl (C=O) groups is 1. The molecule has 0 aliphatic heterocycles. The van der Waals surface area contributed by atoms with Gasteiger partial charge in [-0.25, -0.2) is 0 Å². The van der Waals surface area contributed by atoms with Crippen LogP contribution in [0.4, 0.5) is 5.69 Å². The summed E-state index contributed by atoms with van der Waals surface area (Å²) in [7, 11) is 1.34. The monoisotopic (exact) mass is 330 g/mol. The molecule has 0 aliphatic rings. The van der Waals surface area contributed by atoms with E-state index in [4.69, 9.17) is 0 Å². The standard InChI is InChI=1S/C12H15BrN2O4/c1-19-12(16)11(13)8-14-7-6-9-2-4-10(5-3-9)15(17)18/h2-5,11,14H,6-8H2,1H3. The lowest BCUT2D eigenvalue weighted by atomic mass is 10.1. The molecule has 1 unspecified atom stereocenters. The number of esters is 1. The van der Waals surface area contributed by atoms with E-state index in [1.165, 1.54) is 19.2 Å². The van der Waals surface area contributed by atoms with Crippen LogP contribution in [-0.2, 0) is 16.0 Å². The number of benzene rings is 1. The Morgan fingerprint density at radius 1 is 1.47 bits per heavy atom. The lowest BCUT2D eigenvalue weighted by molar-refractivity contribution is -0.384. The fourth-order valence-electron chi connectivity index (χ4n) is 1.46. The molecule has 1 atom stereocenters. The second-order valence-electron chi connectivity index (χ2n) is 3.87. The first-order valence-electron chi connectivity index (χ1n) is 5.70. The second kappa shape index (κ2) is 7.85.